The normalized spacial score (nSPS) is 10.3. The van der Waals surface area contributed by atoms with Crippen LogP contribution in [0.25, 0.3) is 0 Å². The summed E-state index contributed by atoms with van der Waals surface area (Å²) in [5.74, 6) is 1.00. The molecule has 0 saturated carbocycles. The highest BCUT2D eigenvalue weighted by atomic mass is 16.5. The molecule has 0 aliphatic rings. The van der Waals surface area contributed by atoms with Crippen molar-refractivity contribution in [3.8, 4) is 11.5 Å². The molecule has 0 spiro atoms. The number of nitrogens with zero attached hydrogens (tertiary/aromatic N) is 1. The van der Waals surface area contributed by atoms with Crippen molar-refractivity contribution < 1.29 is 14.3 Å². The van der Waals surface area contributed by atoms with Crippen molar-refractivity contribution in [1.82, 2.24) is 4.98 Å². The Morgan fingerprint density at radius 2 is 1.93 bits per heavy atom. The molecular weight excluding hydrogens is 340 g/mol. The smallest absolute Gasteiger partial charge is 0.255 e. The quantitative estimate of drug-likeness (QED) is 0.699. The van der Waals surface area contributed by atoms with Crippen LogP contribution in [0.3, 0.4) is 0 Å². The van der Waals surface area contributed by atoms with Crippen LogP contribution in [0.1, 0.15) is 27.0 Å². The second-order valence-electron chi connectivity index (χ2n) is 6.22. The van der Waals surface area contributed by atoms with Crippen LogP contribution in [-0.2, 0) is 6.61 Å². The fraction of sp³-hybridized carbons (Fsp3) is 0.182. The maximum Gasteiger partial charge on any atom is 0.255 e. The molecule has 27 heavy (non-hydrogen) atoms. The van der Waals surface area contributed by atoms with E-state index in [2.05, 4.69) is 10.3 Å². The molecule has 0 fully saturated rings. The molecule has 0 aliphatic carbocycles. The Hall–Kier alpha value is -3.34. The van der Waals surface area contributed by atoms with Crippen LogP contribution < -0.4 is 14.8 Å². The van der Waals surface area contributed by atoms with E-state index in [0.717, 1.165) is 16.7 Å². The number of benzene rings is 2. The highest BCUT2D eigenvalue weighted by molar-refractivity contribution is 6.05. The van der Waals surface area contributed by atoms with Gasteiger partial charge in [0.05, 0.1) is 7.11 Å². The standard InChI is InChI=1S/C22H22N2O3/c1-15-6-4-8-19(16(15)2)22(25)24-18-9-10-20(26-3)21(12-18)27-14-17-7-5-11-23-13-17/h4-13H,14H2,1-3H3,(H,24,25). The van der Waals surface area contributed by atoms with Gasteiger partial charge in [0.15, 0.2) is 11.5 Å². The average molecular weight is 362 g/mol. The number of aromatic nitrogens is 1. The molecule has 138 valence electrons. The van der Waals surface area contributed by atoms with Crippen LogP contribution in [0.15, 0.2) is 60.9 Å². The Bertz CT molecular complexity index is 940. The number of aryl methyl sites for hydroxylation is 1. The number of anilines is 1. The van der Waals surface area contributed by atoms with Gasteiger partial charge in [0.1, 0.15) is 6.61 Å². The topological polar surface area (TPSA) is 60.5 Å². The number of carbonyl (C=O) groups excluding carboxylic acids is 1. The van der Waals surface area contributed by atoms with Crippen LogP contribution in [-0.4, -0.2) is 18.0 Å². The van der Waals surface area contributed by atoms with Crippen LogP contribution in [0.2, 0.25) is 0 Å². The number of ether oxygens (including phenoxy) is 2. The third kappa shape index (κ3) is 4.44. The lowest BCUT2D eigenvalue weighted by Crippen LogP contribution is -2.14. The van der Waals surface area contributed by atoms with E-state index in [1.807, 2.05) is 44.2 Å². The van der Waals surface area contributed by atoms with Gasteiger partial charge in [-0.15, -0.1) is 0 Å². The molecule has 0 saturated heterocycles. The highest BCUT2D eigenvalue weighted by Crippen LogP contribution is 2.31. The second kappa shape index (κ2) is 8.36. The van der Waals surface area contributed by atoms with Crippen molar-refractivity contribution in [1.29, 1.82) is 0 Å². The van der Waals surface area contributed by atoms with E-state index < -0.39 is 0 Å². The predicted molar refractivity (Wildman–Crippen MR) is 105 cm³/mol. The summed E-state index contributed by atoms with van der Waals surface area (Å²) in [6.45, 7) is 4.29. The monoisotopic (exact) mass is 362 g/mol. The van der Waals surface area contributed by atoms with Crippen LogP contribution in [0.5, 0.6) is 11.5 Å². The van der Waals surface area contributed by atoms with Gasteiger partial charge < -0.3 is 14.8 Å². The highest BCUT2D eigenvalue weighted by Gasteiger charge is 2.12. The summed E-state index contributed by atoms with van der Waals surface area (Å²) >= 11 is 0. The van der Waals surface area contributed by atoms with Crippen molar-refractivity contribution in [2.24, 2.45) is 0 Å². The van der Waals surface area contributed by atoms with E-state index >= 15 is 0 Å². The average Bonchev–Trinajstić information content (AvgIpc) is 2.69. The van der Waals surface area contributed by atoms with Gasteiger partial charge >= 0.3 is 0 Å². The molecule has 1 amide bonds. The number of methoxy groups -OCH3 is 1. The number of hydrogen-bond acceptors (Lipinski definition) is 4. The fourth-order valence-corrected chi connectivity index (χ4v) is 2.71. The van der Waals surface area contributed by atoms with Gasteiger partial charge in [-0.2, -0.15) is 0 Å². The first-order valence-electron chi connectivity index (χ1n) is 8.66. The Kier molecular flexibility index (Phi) is 5.71. The first-order chi connectivity index (χ1) is 13.1. The van der Waals surface area contributed by atoms with Crippen molar-refractivity contribution in [2.45, 2.75) is 20.5 Å². The Morgan fingerprint density at radius 3 is 2.67 bits per heavy atom. The van der Waals surface area contributed by atoms with Gasteiger partial charge in [0.25, 0.3) is 5.91 Å². The second-order valence-corrected chi connectivity index (χ2v) is 6.22. The summed E-state index contributed by atoms with van der Waals surface area (Å²) < 4.78 is 11.2. The molecule has 0 aliphatic heterocycles. The maximum atomic E-state index is 12.6. The summed E-state index contributed by atoms with van der Waals surface area (Å²) in [6, 6.07) is 14.8. The number of amides is 1. The SMILES string of the molecule is COc1ccc(NC(=O)c2cccc(C)c2C)cc1OCc1cccnc1. The largest absolute Gasteiger partial charge is 0.493 e. The van der Waals surface area contributed by atoms with Gasteiger partial charge in [0, 0.05) is 35.3 Å². The molecule has 1 aromatic heterocycles. The van der Waals surface area contributed by atoms with Crippen molar-refractivity contribution >= 4 is 11.6 Å². The zero-order valence-electron chi connectivity index (χ0n) is 15.7. The number of carbonyl (C=O) groups is 1. The Labute approximate surface area is 159 Å². The van der Waals surface area contributed by atoms with Gasteiger partial charge in [0.2, 0.25) is 0 Å². The predicted octanol–water partition coefficient (Wildman–Crippen LogP) is 4.54. The summed E-state index contributed by atoms with van der Waals surface area (Å²) in [6.07, 6.45) is 3.46. The van der Waals surface area contributed by atoms with Crippen LogP contribution in [0.4, 0.5) is 5.69 Å². The van der Waals surface area contributed by atoms with Gasteiger partial charge in [-0.3, -0.25) is 9.78 Å². The summed E-state index contributed by atoms with van der Waals surface area (Å²) in [7, 11) is 1.58. The van der Waals surface area contributed by atoms with Crippen LogP contribution >= 0.6 is 0 Å². The van der Waals surface area contributed by atoms with Gasteiger partial charge in [-0.25, -0.2) is 0 Å². The molecule has 0 radical (unpaired) electrons. The summed E-state index contributed by atoms with van der Waals surface area (Å²) in [4.78, 5) is 16.7. The van der Waals surface area contributed by atoms with E-state index in [1.54, 1.807) is 37.7 Å². The minimum absolute atomic E-state index is 0.153. The number of hydrogen-bond donors (Lipinski definition) is 1. The van der Waals surface area contributed by atoms with Gasteiger partial charge in [-0.1, -0.05) is 18.2 Å². The number of pyridine rings is 1. The first-order valence-corrected chi connectivity index (χ1v) is 8.66. The molecule has 5 heteroatoms. The third-order valence-corrected chi connectivity index (χ3v) is 4.39. The van der Waals surface area contributed by atoms with E-state index in [1.165, 1.54) is 0 Å². The van der Waals surface area contributed by atoms with Crippen LogP contribution in [0, 0.1) is 13.8 Å². The summed E-state index contributed by atoms with van der Waals surface area (Å²) in [5.41, 5.74) is 4.30. The number of rotatable bonds is 6. The van der Waals surface area contributed by atoms with E-state index in [0.29, 0.717) is 29.4 Å². The molecule has 0 unspecified atom stereocenters. The molecule has 3 rings (SSSR count). The fourth-order valence-electron chi connectivity index (χ4n) is 2.71. The molecule has 1 heterocycles. The van der Waals surface area contributed by atoms with E-state index in [9.17, 15) is 4.79 Å². The molecule has 2 aromatic carbocycles. The Morgan fingerprint density at radius 1 is 1.07 bits per heavy atom. The van der Waals surface area contributed by atoms with Crippen molar-refractivity contribution in [3.05, 3.63) is 83.2 Å². The van der Waals surface area contributed by atoms with Gasteiger partial charge in [-0.05, 0) is 49.2 Å². The third-order valence-electron chi connectivity index (χ3n) is 4.39. The molecular formula is C22H22N2O3. The maximum absolute atomic E-state index is 12.6. The summed E-state index contributed by atoms with van der Waals surface area (Å²) in [5, 5.41) is 2.93. The molecule has 0 bridgehead atoms. The lowest BCUT2D eigenvalue weighted by atomic mass is 10.0. The molecule has 0 atom stereocenters. The molecule has 1 N–H and O–H groups in total. The van der Waals surface area contributed by atoms with Crippen molar-refractivity contribution in [2.75, 3.05) is 12.4 Å². The first kappa shape index (κ1) is 18.5. The lowest BCUT2D eigenvalue weighted by molar-refractivity contribution is 0.102. The zero-order valence-corrected chi connectivity index (χ0v) is 15.7. The van der Waals surface area contributed by atoms with E-state index in [4.69, 9.17) is 9.47 Å². The molecule has 5 nitrogen and oxygen atoms in total. The number of nitrogens with one attached hydrogen (secondary N) is 1. The lowest BCUT2D eigenvalue weighted by Gasteiger charge is -2.14. The molecule has 3 aromatic rings. The van der Waals surface area contributed by atoms with Crippen molar-refractivity contribution in [3.63, 3.8) is 0 Å². The minimum Gasteiger partial charge on any atom is -0.493 e. The Balaban J connectivity index is 1.78. The minimum atomic E-state index is -0.153. The van der Waals surface area contributed by atoms with E-state index in [-0.39, 0.29) is 5.91 Å². The zero-order chi connectivity index (χ0) is 19.2.